The van der Waals surface area contributed by atoms with E-state index in [1.807, 2.05) is 24.3 Å². The van der Waals surface area contributed by atoms with Crippen LogP contribution in [0.15, 0.2) is 42.5 Å². The second kappa shape index (κ2) is 5.43. The normalized spacial score (nSPS) is 31.9. The number of fused-ring (bicyclic) bond motifs is 4. The van der Waals surface area contributed by atoms with E-state index in [2.05, 4.69) is 6.92 Å². The van der Waals surface area contributed by atoms with Crippen LogP contribution in [0.25, 0.3) is 11.1 Å². The lowest BCUT2D eigenvalue weighted by Crippen LogP contribution is -2.43. The van der Waals surface area contributed by atoms with Gasteiger partial charge in [0.25, 0.3) is 0 Å². The van der Waals surface area contributed by atoms with Crippen LogP contribution in [0, 0.1) is 5.41 Å². The number of carboxylic acid groups (broad SMARTS) is 1. The molecule has 0 bridgehead atoms. The van der Waals surface area contributed by atoms with Gasteiger partial charge in [0.15, 0.2) is 5.67 Å². The maximum Gasteiger partial charge on any atom is 0.326 e. The number of aliphatic carboxylic acids is 1. The molecule has 1 aliphatic heterocycles. The Hall–Kier alpha value is -2.69. The molecule has 1 saturated heterocycles. The first-order valence-electron chi connectivity index (χ1n) is 9.68. The highest BCUT2D eigenvalue weighted by Gasteiger charge is 2.64. The molecule has 0 radical (unpaired) electrons. The Kier molecular flexibility index (Phi) is 3.38. The molecule has 144 valence electrons. The van der Waals surface area contributed by atoms with Gasteiger partial charge in [0, 0.05) is 17.2 Å². The van der Waals surface area contributed by atoms with Gasteiger partial charge in [-0.05, 0) is 41.9 Å². The zero-order valence-electron chi connectivity index (χ0n) is 15.9. The van der Waals surface area contributed by atoms with Crippen LogP contribution in [-0.2, 0) is 21.7 Å². The Bertz CT molecular complexity index is 1030. The van der Waals surface area contributed by atoms with Gasteiger partial charge >= 0.3 is 5.97 Å². The fraction of sp³-hybridized carbons (Fsp3) is 0.391. The number of likely N-dealkylation sites (tertiary alicyclic amines) is 1. The third-order valence-electron chi connectivity index (χ3n) is 6.88. The van der Waals surface area contributed by atoms with E-state index in [-0.39, 0.29) is 23.8 Å². The average molecular weight is 379 g/mol. The summed E-state index contributed by atoms with van der Waals surface area (Å²) in [5, 5.41) is 9.51. The Morgan fingerprint density at radius 1 is 1.11 bits per heavy atom. The molecule has 1 amide bonds. The van der Waals surface area contributed by atoms with Crippen LogP contribution < -0.4 is 0 Å². The van der Waals surface area contributed by atoms with E-state index in [1.54, 1.807) is 30.0 Å². The summed E-state index contributed by atoms with van der Waals surface area (Å²) < 4.78 is 15.3. The molecule has 5 heteroatoms. The molecule has 2 aromatic carbocycles. The number of hydrogen-bond acceptors (Lipinski definition) is 2. The summed E-state index contributed by atoms with van der Waals surface area (Å²) in [7, 11) is 0. The highest BCUT2D eigenvalue weighted by atomic mass is 19.1. The topological polar surface area (TPSA) is 57.6 Å². The van der Waals surface area contributed by atoms with E-state index in [9.17, 15) is 14.7 Å². The van der Waals surface area contributed by atoms with Gasteiger partial charge in [-0.2, -0.15) is 0 Å². The zero-order chi connectivity index (χ0) is 19.8. The molecule has 2 aliphatic carbocycles. The Balaban J connectivity index is 1.46. The van der Waals surface area contributed by atoms with E-state index < -0.39 is 17.7 Å². The van der Waals surface area contributed by atoms with Crippen molar-refractivity contribution in [3.8, 4) is 11.1 Å². The Morgan fingerprint density at radius 2 is 1.82 bits per heavy atom. The van der Waals surface area contributed by atoms with Crippen LogP contribution in [0.5, 0.6) is 0 Å². The predicted molar refractivity (Wildman–Crippen MR) is 103 cm³/mol. The van der Waals surface area contributed by atoms with Crippen molar-refractivity contribution < 1.29 is 19.1 Å². The molecule has 0 aromatic heterocycles. The number of rotatable bonds is 3. The van der Waals surface area contributed by atoms with Gasteiger partial charge in [-0.25, -0.2) is 9.18 Å². The molecule has 5 rings (SSSR count). The number of hydrogen-bond donors (Lipinski definition) is 1. The molecule has 0 spiro atoms. The standard InChI is InChI=1S/C23H22FNO3/c1-22-11-18(21(27)28)25(19(22)12-22)20(26)10-13-7-8-17-15(9-13)14-5-3-4-6-16(14)23(17,2)24/h3-9,18-19H,10-12H2,1-2H3,(H,27,28)/t18?,19?,22-,23?/m1/s1. The van der Waals surface area contributed by atoms with Crippen LogP contribution in [-0.4, -0.2) is 34.0 Å². The fourth-order valence-corrected chi connectivity index (χ4v) is 5.22. The molecule has 2 aromatic rings. The molecular weight excluding hydrogens is 357 g/mol. The minimum absolute atomic E-state index is 0.0328. The monoisotopic (exact) mass is 379 g/mol. The van der Waals surface area contributed by atoms with Gasteiger partial charge in [0.1, 0.15) is 6.04 Å². The van der Waals surface area contributed by atoms with Crippen molar-refractivity contribution in [3.05, 3.63) is 59.2 Å². The number of carbonyl (C=O) groups excluding carboxylic acids is 1. The van der Waals surface area contributed by atoms with E-state index in [0.717, 1.165) is 23.1 Å². The molecule has 4 atom stereocenters. The number of carbonyl (C=O) groups is 2. The third kappa shape index (κ3) is 2.28. The molecule has 3 unspecified atom stereocenters. The molecule has 2 fully saturated rings. The van der Waals surface area contributed by atoms with Crippen LogP contribution in [0.2, 0.25) is 0 Å². The molecule has 4 nitrogen and oxygen atoms in total. The van der Waals surface area contributed by atoms with Gasteiger partial charge in [-0.1, -0.05) is 49.4 Å². The summed E-state index contributed by atoms with van der Waals surface area (Å²) in [5.74, 6) is -1.09. The van der Waals surface area contributed by atoms with Crippen molar-refractivity contribution in [1.82, 2.24) is 4.90 Å². The first-order chi connectivity index (χ1) is 13.2. The molecule has 1 N–H and O–H groups in total. The van der Waals surface area contributed by atoms with E-state index in [4.69, 9.17) is 0 Å². The van der Waals surface area contributed by atoms with Gasteiger partial charge < -0.3 is 10.0 Å². The summed E-state index contributed by atoms with van der Waals surface area (Å²) >= 11 is 0. The summed E-state index contributed by atoms with van der Waals surface area (Å²) in [5.41, 5.74) is 2.13. The predicted octanol–water partition coefficient (Wildman–Crippen LogP) is 3.91. The number of carboxylic acids is 1. The van der Waals surface area contributed by atoms with Crippen molar-refractivity contribution in [2.75, 3.05) is 0 Å². The second-order valence-corrected chi connectivity index (χ2v) is 8.84. The lowest BCUT2D eigenvalue weighted by molar-refractivity contribution is -0.149. The molecule has 1 saturated carbocycles. The largest absolute Gasteiger partial charge is 0.480 e. The number of alkyl halides is 1. The summed E-state index contributed by atoms with van der Waals surface area (Å²) in [6.45, 7) is 3.62. The SMILES string of the molecule is CC1(F)c2ccccc2-c2cc(CC(=O)N3C(C(=O)O)C[C@]4(C)CC34)ccc21. The zero-order valence-corrected chi connectivity index (χ0v) is 15.9. The van der Waals surface area contributed by atoms with Gasteiger partial charge in [-0.3, -0.25) is 4.79 Å². The van der Waals surface area contributed by atoms with E-state index >= 15 is 4.39 Å². The first-order valence-corrected chi connectivity index (χ1v) is 9.68. The lowest BCUT2D eigenvalue weighted by Gasteiger charge is -2.24. The lowest BCUT2D eigenvalue weighted by atomic mass is 9.95. The minimum Gasteiger partial charge on any atom is -0.480 e. The molecule has 1 heterocycles. The van der Waals surface area contributed by atoms with Crippen LogP contribution >= 0.6 is 0 Å². The first kappa shape index (κ1) is 17.4. The van der Waals surface area contributed by atoms with Gasteiger partial charge in [-0.15, -0.1) is 0 Å². The second-order valence-electron chi connectivity index (χ2n) is 8.84. The maximum absolute atomic E-state index is 15.3. The fourth-order valence-electron chi connectivity index (χ4n) is 5.22. The Labute approximate surface area is 163 Å². The van der Waals surface area contributed by atoms with Crippen molar-refractivity contribution in [3.63, 3.8) is 0 Å². The summed E-state index contributed by atoms with van der Waals surface area (Å²) in [6, 6.07) is 12.2. The quantitative estimate of drug-likeness (QED) is 0.880. The third-order valence-corrected chi connectivity index (χ3v) is 6.88. The van der Waals surface area contributed by atoms with E-state index in [0.29, 0.717) is 17.5 Å². The summed E-state index contributed by atoms with van der Waals surface area (Å²) in [4.78, 5) is 26.1. The van der Waals surface area contributed by atoms with Crippen molar-refractivity contribution in [2.45, 2.75) is 50.9 Å². The highest BCUT2D eigenvalue weighted by molar-refractivity contribution is 5.88. The summed E-state index contributed by atoms with van der Waals surface area (Å²) in [6.07, 6.45) is 1.53. The maximum atomic E-state index is 15.3. The number of nitrogens with zero attached hydrogens (tertiary/aromatic N) is 1. The van der Waals surface area contributed by atoms with Crippen molar-refractivity contribution in [1.29, 1.82) is 0 Å². The average Bonchev–Trinajstić information content (AvgIpc) is 3.12. The van der Waals surface area contributed by atoms with Crippen LogP contribution in [0.3, 0.4) is 0 Å². The Morgan fingerprint density at radius 3 is 2.57 bits per heavy atom. The number of halogens is 1. The molecule has 28 heavy (non-hydrogen) atoms. The molecule has 3 aliphatic rings. The van der Waals surface area contributed by atoms with Crippen molar-refractivity contribution in [2.24, 2.45) is 5.41 Å². The highest BCUT2D eigenvalue weighted by Crippen LogP contribution is 2.59. The van der Waals surface area contributed by atoms with E-state index in [1.165, 1.54) is 0 Å². The van der Waals surface area contributed by atoms with Crippen molar-refractivity contribution >= 4 is 11.9 Å². The molecular formula is C23H22FNO3. The van der Waals surface area contributed by atoms with Gasteiger partial charge in [0.2, 0.25) is 5.91 Å². The van der Waals surface area contributed by atoms with Gasteiger partial charge in [0.05, 0.1) is 6.42 Å². The van der Waals surface area contributed by atoms with Crippen LogP contribution in [0.4, 0.5) is 4.39 Å². The minimum atomic E-state index is -1.55. The smallest absolute Gasteiger partial charge is 0.326 e. The van der Waals surface area contributed by atoms with Crippen LogP contribution in [0.1, 0.15) is 43.4 Å². The number of amides is 1. The number of piperidine rings is 1. The number of benzene rings is 2.